The standard InChI is InChI=1S/C14H20BrNO2S/c1-9-6-10(19-11(9)15)12(17)16-7-13(2,3)18-14(4,5)8-16/h6H,7-8H2,1-5H3. The summed E-state index contributed by atoms with van der Waals surface area (Å²) in [6.07, 6.45) is 0. The third kappa shape index (κ3) is 3.38. The quantitative estimate of drug-likeness (QED) is 0.773. The van der Waals surface area contributed by atoms with E-state index in [4.69, 9.17) is 4.74 Å². The predicted octanol–water partition coefficient (Wildman–Crippen LogP) is 3.85. The largest absolute Gasteiger partial charge is 0.366 e. The van der Waals surface area contributed by atoms with Crippen molar-refractivity contribution in [2.24, 2.45) is 0 Å². The molecule has 3 nitrogen and oxygen atoms in total. The number of rotatable bonds is 1. The number of aryl methyl sites for hydroxylation is 1. The van der Waals surface area contributed by atoms with Crippen molar-refractivity contribution in [1.82, 2.24) is 4.90 Å². The van der Waals surface area contributed by atoms with Crippen LogP contribution in [0.1, 0.15) is 42.9 Å². The van der Waals surface area contributed by atoms with Gasteiger partial charge in [-0.3, -0.25) is 4.79 Å². The van der Waals surface area contributed by atoms with Gasteiger partial charge in [-0.2, -0.15) is 0 Å². The van der Waals surface area contributed by atoms with Crippen LogP contribution >= 0.6 is 27.3 Å². The van der Waals surface area contributed by atoms with Gasteiger partial charge in [0.2, 0.25) is 0 Å². The summed E-state index contributed by atoms with van der Waals surface area (Å²) in [5, 5.41) is 0. The Labute approximate surface area is 127 Å². The molecule has 5 heteroatoms. The zero-order valence-corrected chi connectivity index (χ0v) is 14.4. The van der Waals surface area contributed by atoms with E-state index in [0.717, 1.165) is 14.2 Å². The van der Waals surface area contributed by atoms with Crippen LogP contribution in [-0.4, -0.2) is 35.1 Å². The van der Waals surface area contributed by atoms with Crippen LogP contribution in [0.3, 0.4) is 0 Å². The molecule has 2 heterocycles. The van der Waals surface area contributed by atoms with Crippen molar-refractivity contribution in [3.63, 3.8) is 0 Å². The third-order valence-corrected chi connectivity index (χ3v) is 5.18. The Kier molecular flexibility index (Phi) is 3.84. The number of morpholine rings is 1. The summed E-state index contributed by atoms with van der Waals surface area (Å²) in [5.74, 6) is 0.100. The van der Waals surface area contributed by atoms with E-state index < -0.39 is 0 Å². The van der Waals surface area contributed by atoms with Crippen LogP contribution in [0.15, 0.2) is 9.85 Å². The maximum Gasteiger partial charge on any atom is 0.264 e. The lowest BCUT2D eigenvalue weighted by atomic mass is 9.99. The van der Waals surface area contributed by atoms with Crippen LogP contribution in [0.5, 0.6) is 0 Å². The second-order valence-corrected chi connectivity index (χ2v) is 8.72. The Morgan fingerprint density at radius 1 is 1.32 bits per heavy atom. The van der Waals surface area contributed by atoms with Crippen LogP contribution in [0.2, 0.25) is 0 Å². The lowest BCUT2D eigenvalue weighted by Gasteiger charge is -2.47. The Hall–Kier alpha value is -0.390. The SMILES string of the molecule is Cc1cc(C(=O)N2CC(C)(C)OC(C)(C)C2)sc1Br. The van der Waals surface area contributed by atoms with Gasteiger partial charge in [0.05, 0.1) is 19.9 Å². The van der Waals surface area contributed by atoms with E-state index in [2.05, 4.69) is 15.9 Å². The van der Waals surface area contributed by atoms with Crippen LogP contribution in [-0.2, 0) is 4.74 Å². The van der Waals surface area contributed by atoms with E-state index in [0.29, 0.717) is 13.1 Å². The summed E-state index contributed by atoms with van der Waals surface area (Å²) < 4.78 is 7.04. The van der Waals surface area contributed by atoms with E-state index in [1.54, 1.807) is 0 Å². The van der Waals surface area contributed by atoms with Gasteiger partial charge in [0.1, 0.15) is 0 Å². The van der Waals surface area contributed by atoms with Gasteiger partial charge >= 0.3 is 0 Å². The Bertz CT molecular complexity index is 472. The van der Waals surface area contributed by atoms with Crippen molar-refractivity contribution in [3.05, 3.63) is 20.3 Å². The molecular weight excluding hydrogens is 326 g/mol. The molecule has 0 spiro atoms. The number of halogens is 1. The van der Waals surface area contributed by atoms with Crippen molar-refractivity contribution in [1.29, 1.82) is 0 Å². The summed E-state index contributed by atoms with van der Waals surface area (Å²) in [5.41, 5.74) is 0.502. The number of hydrogen-bond donors (Lipinski definition) is 0. The van der Waals surface area contributed by atoms with Crippen LogP contribution in [0.25, 0.3) is 0 Å². The topological polar surface area (TPSA) is 29.5 Å². The first-order chi connectivity index (χ1) is 8.60. The van der Waals surface area contributed by atoms with Gasteiger partial charge in [0.15, 0.2) is 0 Å². The zero-order chi connectivity index (χ0) is 14.4. The van der Waals surface area contributed by atoms with E-state index in [9.17, 15) is 4.79 Å². The number of carbonyl (C=O) groups is 1. The molecule has 1 aliphatic rings. The van der Waals surface area contributed by atoms with Crippen molar-refractivity contribution in [2.75, 3.05) is 13.1 Å². The first-order valence-corrected chi connectivity index (χ1v) is 7.96. The molecule has 1 amide bonds. The normalized spacial score (nSPS) is 21.5. The second kappa shape index (κ2) is 4.86. The van der Waals surface area contributed by atoms with Gasteiger partial charge in [-0.25, -0.2) is 0 Å². The fourth-order valence-corrected chi connectivity index (χ4v) is 4.16. The molecule has 0 bridgehead atoms. The van der Waals surface area contributed by atoms with E-state index in [1.807, 2.05) is 45.6 Å². The van der Waals surface area contributed by atoms with Gasteiger partial charge in [-0.15, -0.1) is 11.3 Å². The highest BCUT2D eigenvalue weighted by molar-refractivity contribution is 9.11. The lowest BCUT2D eigenvalue weighted by molar-refractivity contribution is -0.171. The minimum atomic E-state index is -0.305. The molecule has 0 radical (unpaired) electrons. The Morgan fingerprint density at radius 2 is 1.84 bits per heavy atom. The molecule has 106 valence electrons. The van der Waals surface area contributed by atoms with E-state index in [-0.39, 0.29) is 17.1 Å². The first-order valence-electron chi connectivity index (χ1n) is 6.35. The summed E-state index contributed by atoms with van der Waals surface area (Å²) in [6, 6.07) is 1.95. The zero-order valence-electron chi connectivity index (χ0n) is 12.0. The van der Waals surface area contributed by atoms with Gasteiger partial charge in [-0.05, 0) is 62.2 Å². The van der Waals surface area contributed by atoms with Crippen LogP contribution in [0.4, 0.5) is 0 Å². The van der Waals surface area contributed by atoms with Crippen molar-refractivity contribution in [2.45, 2.75) is 45.8 Å². The molecule has 2 rings (SSSR count). The fraction of sp³-hybridized carbons (Fsp3) is 0.643. The second-order valence-electron chi connectivity index (χ2n) is 6.35. The van der Waals surface area contributed by atoms with Crippen molar-refractivity contribution < 1.29 is 9.53 Å². The van der Waals surface area contributed by atoms with Gasteiger partial charge < -0.3 is 9.64 Å². The van der Waals surface area contributed by atoms with Crippen LogP contribution in [0, 0.1) is 6.92 Å². The molecule has 0 aromatic carbocycles. The molecule has 1 saturated heterocycles. The predicted molar refractivity (Wildman–Crippen MR) is 81.9 cm³/mol. The lowest BCUT2D eigenvalue weighted by Crippen LogP contribution is -2.58. The molecule has 0 N–H and O–H groups in total. The van der Waals surface area contributed by atoms with E-state index >= 15 is 0 Å². The molecule has 1 aromatic heterocycles. The molecule has 0 atom stereocenters. The number of nitrogens with zero attached hydrogens (tertiary/aromatic N) is 1. The smallest absolute Gasteiger partial charge is 0.264 e. The molecule has 0 saturated carbocycles. The fourth-order valence-electron chi connectivity index (χ4n) is 2.65. The highest BCUT2D eigenvalue weighted by Gasteiger charge is 2.40. The summed E-state index contributed by atoms with van der Waals surface area (Å²) in [4.78, 5) is 15.3. The molecule has 19 heavy (non-hydrogen) atoms. The van der Waals surface area contributed by atoms with Crippen LogP contribution < -0.4 is 0 Å². The van der Waals surface area contributed by atoms with E-state index in [1.165, 1.54) is 11.3 Å². The summed E-state index contributed by atoms with van der Waals surface area (Å²) >= 11 is 4.98. The highest BCUT2D eigenvalue weighted by atomic mass is 79.9. The Balaban J connectivity index is 2.23. The number of thiophene rings is 1. The minimum Gasteiger partial charge on any atom is -0.366 e. The van der Waals surface area contributed by atoms with Gasteiger partial charge in [0.25, 0.3) is 5.91 Å². The molecule has 0 unspecified atom stereocenters. The summed E-state index contributed by atoms with van der Waals surface area (Å²) in [7, 11) is 0. The first kappa shape index (κ1) is 15.0. The highest BCUT2D eigenvalue weighted by Crippen LogP contribution is 2.32. The molecule has 1 fully saturated rings. The number of carbonyl (C=O) groups excluding carboxylic acids is 1. The molecule has 0 aliphatic carbocycles. The minimum absolute atomic E-state index is 0.100. The Morgan fingerprint density at radius 3 is 2.26 bits per heavy atom. The average Bonchev–Trinajstić information content (AvgIpc) is 2.53. The number of amides is 1. The average molecular weight is 346 g/mol. The molecular formula is C14H20BrNO2S. The van der Waals surface area contributed by atoms with Crippen molar-refractivity contribution in [3.8, 4) is 0 Å². The molecule has 1 aliphatic heterocycles. The van der Waals surface area contributed by atoms with Gasteiger partial charge in [-0.1, -0.05) is 0 Å². The van der Waals surface area contributed by atoms with Gasteiger partial charge in [0, 0.05) is 13.1 Å². The number of ether oxygens (including phenoxy) is 1. The summed E-state index contributed by atoms with van der Waals surface area (Å²) in [6.45, 7) is 11.4. The maximum absolute atomic E-state index is 12.6. The monoisotopic (exact) mass is 345 g/mol. The van der Waals surface area contributed by atoms with Crippen molar-refractivity contribution >= 4 is 33.2 Å². The third-order valence-electron chi connectivity index (χ3n) is 3.05. The maximum atomic E-state index is 12.6. The number of hydrogen-bond acceptors (Lipinski definition) is 3. The molecule has 1 aromatic rings.